The number of aryl methyl sites for hydroxylation is 1. The first-order valence-corrected chi connectivity index (χ1v) is 7.45. The summed E-state index contributed by atoms with van der Waals surface area (Å²) in [6, 6.07) is 14.8. The van der Waals surface area contributed by atoms with Crippen LogP contribution in [0.4, 0.5) is 5.69 Å². The lowest BCUT2D eigenvalue weighted by molar-refractivity contribution is 1.34. The van der Waals surface area contributed by atoms with Crippen LogP contribution in [-0.2, 0) is 5.75 Å². The van der Waals surface area contributed by atoms with Crippen LogP contribution in [0.5, 0.6) is 0 Å². The second-order valence-corrected chi connectivity index (χ2v) is 6.22. The topological polar surface area (TPSA) is 26.0 Å². The second kappa shape index (κ2) is 5.78. The van der Waals surface area contributed by atoms with Crippen molar-refractivity contribution in [2.45, 2.75) is 17.6 Å². The Morgan fingerprint density at radius 2 is 2.00 bits per heavy atom. The van der Waals surface area contributed by atoms with Crippen LogP contribution in [0.2, 0.25) is 0 Å². The summed E-state index contributed by atoms with van der Waals surface area (Å²) < 4.78 is 1.18. The van der Waals surface area contributed by atoms with E-state index in [-0.39, 0.29) is 0 Å². The molecule has 0 aliphatic carbocycles. The molecule has 17 heavy (non-hydrogen) atoms. The number of hydrogen-bond acceptors (Lipinski definition) is 2. The Hall–Kier alpha value is -0.680. The third-order valence-electron chi connectivity index (χ3n) is 2.45. The molecule has 0 radical (unpaired) electrons. The first kappa shape index (κ1) is 12.8. The van der Waals surface area contributed by atoms with Gasteiger partial charge in [-0.3, -0.25) is 0 Å². The molecule has 0 aliphatic heterocycles. The van der Waals surface area contributed by atoms with Gasteiger partial charge in [-0.2, -0.15) is 0 Å². The minimum atomic E-state index is 0.870. The van der Waals surface area contributed by atoms with E-state index in [4.69, 9.17) is 5.73 Å². The molecule has 0 unspecified atom stereocenters. The lowest BCUT2D eigenvalue weighted by Gasteiger charge is -2.06. The van der Waals surface area contributed by atoms with Gasteiger partial charge in [0.25, 0.3) is 0 Å². The predicted molar refractivity (Wildman–Crippen MR) is 84.3 cm³/mol. The molecule has 0 atom stereocenters. The molecule has 0 aliphatic rings. The molecule has 3 heteroatoms. The zero-order valence-electron chi connectivity index (χ0n) is 9.61. The Labute approximate surface area is 120 Å². The Kier molecular flexibility index (Phi) is 4.34. The lowest BCUT2D eigenvalue weighted by Crippen LogP contribution is -1.90. The maximum Gasteiger partial charge on any atom is 0.0462 e. The van der Waals surface area contributed by atoms with Gasteiger partial charge in [0.05, 0.1) is 0 Å². The van der Waals surface area contributed by atoms with Gasteiger partial charge in [-0.05, 0) is 53.3 Å². The van der Waals surface area contributed by atoms with Crippen molar-refractivity contribution < 1.29 is 0 Å². The van der Waals surface area contributed by atoms with Crippen LogP contribution in [0, 0.1) is 10.5 Å². The molecule has 2 aromatic rings. The highest BCUT2D eigenvalue weighted by Crippen LogP contribution is 2.29. The van der Waals surface area contributed by atoms with Crippen molar-refractivity contribution in [1.82, 2.24) is 0 Å². The number of thioether (sulfide) groups is 1. The second-order valence-electron chi connectivity index (χ2n) is 3.96. The normalized spacial score (nSPS) is 10.5. The summed E-state index contributed by atoms with van der Waals surface area (Å²) >= 11 is 4.07. The highest BCUT2D eigenvalue weighted by molar-refractivity contribution is 14.1. The summed E-state index contributed by atoms with van der Waals surface area (Å²) in [5.74, 6) is 0.965. The summed E-state index contributed by atoms with van der Waals surface area (Å²) in [7, 11) is 0. The van der Waals surface area contributed by atoms with Crippen LogP contribution in [0.15, 0.2) is 47.4 Å². The Morgan fingerprint density at radius 1 is 1.18 bits per heavy atom. The Morgan fingerprint density at radius 3 is 2.71 bits per heavy atom. The quantitative estimate of drug-likeness (QED) is 0.499. The SMILES string of the molecule is Cc1cccc(CSc2ccc(I)cc2N)c1. The molecule has 2 aromatic carbocycles. The smallest absolute Gasteiger partial charge is 0.0462 e. The number of hydrogen-bond donors (Lipinski definition) is 1. The molecule has 2 rings (SSSR count). The van der Waals surface area contributed by atoms with Crippen LogP contribution >= 0.6 is 34.4 Å². The zero-order valence-corrected chi connectivity index (χ0v) is 12.6. The monoisotopic (exact) mass is 355 g/mol. The van der Waals surface area contributed by atoms with E-state index in [1.54, 1.807) is 11.8 Å². The van der Waals surface area contributed by atoms with E-state index in [1.807, 2.05) is 6.07 Å². The maximum absolute atomic E-state index is 5.99. The number of benzene rings is 2. The van der Waals surface area contributed by atoms with Gasteiger partial charge in [0.15, 0.2) is 0 Å². The zero-order chi connectivity index (χ0) is 12.3. The summed E-state index contributed by atoms with van der Waals surface area (Å²) in [6.07, 6.45) is 0. The highest BCUT2D eigenvalue weighted by Gasteiger charge is 2.01. The molecule has 2 N–H and O–H groups in total. The lowest BCUT2D eigenvalue weighted by atomic mass is 10.2. The third-order valence-corrected chi connectivity index (χ3v) is 4.28. The molecule has 0 saturated heterocycles. The van der Waals surface area contributed by atoms with Gasteiger partial charge < -0.3 is 5.73 Å². The van der Waals surface area contributed by atoms with Crippen molar-refractivity contribution in [2.75, 3.05) is 5.73 Å². The number of nitrogen functional groups attached to an aromatic ring is 1. The van der Waals surface area contributed by atoms with Crippen LogP contribution in [0.25, 0.3) is 0 Å². The van der Waals surface area contributed by atoms with Gasteiger partial charge in [-0.1, -0.05) is 29.8 Å². The van der Waals surface area contributed by atoms with Crippen LogP contribution < -0.4 is 5.73 Å². The van der Waals surface area contributed by atoms with Gasteiger partial charge in [-0.15, -0.1) is 11.8 Å². The minimum Gasteiger partial charge on any atom is -0.398 e. The highest BCUT2D eigenvalue weighted by atomic mass is 127. The number of anilines is 1. The standard InChI is InChI=1S/C14H14INS/c1-10-3-2-4-11(7-10)9-17-14-6-5-12(15)8-13(14)16/h2-8H,9,16H2,1H3. The predicted octanol–water partition coefficient (Wildman–Crippen LogP) is 4.47. The molecular weight excluding hydrogens is 341 g/mol. The van der Waals surface area contributed by atoms with Gasteiger partial charge in [0.1, 0.15) is 0 Å². The number of halogens is 1. The molecular formula is C14H14INS. The van der Waals surface area contributed by atoms with E-state index in [2.05, 4.69) is 65.9 Å². The molecule has 0 fully saturated rings. The summed E-state index contributed by atoms with van der Waals surface area (Å²) in [6.45, 7) is 2.12. The first-order valence-electron chi connectivity index (χ1n) is 5.38. The van der Waals surface area contributed by atoms with E-state index in [0.717, 1.165) is 16.3 Å². The third kappa shape index (κ3) is 3.64. The average molecular weight is 355 g/mol. The van der Waals surface area contributed by atoms with Crippen molar-refractivity contribution in [3.63, 3.8) is 0 Å². The van der Waals surface area contributed by atoms with Gasteiger partial charge in [-0.25, -0.2) is 0 Å². The van der Waals surface area contributed by atoms with Crippen LogP contribution in [0.1, 0.15) is 11.1 Å². The van der Waals surface area contributed by atoms with E-state index in [1.165, 1.54) is 14.7 Å². The van der Waals surface area contributed by atoms with E-state index in [0.29, 0.717) is 0 Å². The molecule has 0 amide bonds. The van der Waals surface area contributed by atoms with Crippen molar-refractivity contribution >= 4 is 40.0 Å². The number of nitrogens with two attached hydrogens (primary N) is 1. The molecule has 0 spiro atoms. The molecule has 88 valence electrons. The van der Waals surface area contributed by atoms with Gasteiger partial charge in [0, 0.05) is 19.9 Å². The average Bonchev–Trinajstić information content (AvgIpc) is 2.28. The van der Waals surface area contributed by atoms with Crippen molar-refractivity contribution in [1.29, 1.82) is 0 Å². The molecule has 0 aromatic heterocycles. The van der Waals surface area contributed by atoms with Crippen LogP contribution in [0.3, 0.4) is 0 Å². The largest absolute Gasteiger partial charge is 0.398 e. The van der Waals surface area contributed by atoms with E-state index in [9.17, 15) is 0 Å². The minimum absolute atomic E-state index is 0.870. The van der Waals surface area contributed by atoms with Crippen LogP contribution in [-0.4, -0.2) is 0 Å². The fourth-order valence-corrected chi connectivity index (χ4v) is 3.02. The summed E-state index contributed by atoms with van der Waals surface area (Å²) in [4.78, 5) is 1.16. The number of rotatable bonds is 3. The summed E-state index contributed by atoms with van der Waals surface area (Å²) in [5.41, 5.74) is 9.50. The fourth-order valence-electron chi connectivity index (χ4n) is 1.61. The van der Waals surface area contributed by atoms with Crippen molar-refractivity contribution in [2.24, 2.45) is 0 Å². The first-order chi connectivity index (χ1) is 8.15. The van der Waals surface area contributed by atoms with E-state index >= 15 is 0 Å². The molecule has 0 bridgehead atoms. The molecule has 0 heterocycles. The molecule has 0 saturated carbocycles. The maximum atomic E-state index is 5.99. The Bertz CT molecular complexity index is 525. The molecule has 1 nitrogen and oxygen atoms in total. The fraction of sp³-hybridized carbons (Fsp3) is 0.143. The summed E-state index contributed by atoms with van der Waals surface area (Å²) in [5, 5.41) is 0. The van der Waals surface area contributed by atoms with Crippen molar-refractivity contribution in [3.8, 4) is 0 Å². The Balaban J connectivity index is 2.07. The van der Waals surface area contributed by atoms with E-state index < -0.39 is 0 Å². The van der Waals surface area contributed by atoms with Gasteiger partial charge in [0.2, 0.25) is 0 Å². The van der Waals surface area contributed by atoms with Gasteiger partial charge >= 0.3 is 0 Å². The van der Waals surface area contributed by atoms with Crippen molar-refractivity contribution in [3.05, 3.63) is 57.2 Å².